The standard InChI is InChI=1S/C25H21N3O4S/c1-14-3-6-18(15(2)11-14)24-27-19-13-17(5-8-20(19)32-24)26-25(33)28-23(29)16-4-7-21-22(12-16)31-10-9-30-21/h3-8,11-13H,9-10H2,1-2H3,(H2,26,28,29,33). The molecular weight excluding hydrogens is 438 g/mol. The number of fused-ring (bicyclic) bond motifs is 2. The van der Waals surface area contributed by atoms with Gasteiger partial charge in [-0.2, -0.15) is 0 Å². The van der Waals surface area contributed by atoms with E-state index in [2.05, 4.69) is 28.6 Å². The van der Waals surface area contributed by atoms with E-state index in [9.17, 15) is 4.79 Å². The van der Waals surface area contributed by atoms with E-state index in [0.29, 0.717) is 53.0 Å². The Morgan fingerprint density at radius 2 is 1.79 bits per heavy atom. The molecule has 2 heterocycles. The third-order valence-electron chi connectivity index (χ3n) is 5.29. The van der Waals surface area contributed by atoms with Crippen molar-refractivity contribution in [1.29, 1.82) is 0 Å². The molecule has 0 saturated carbocycles. The summed E-state index contributed by atoms with van der Waals surface area (Å²) in [4.78, 5) is 17.2. The van der Waals surface area contributed by atoms with Crippen molar-refractivity contribution in [2.75, 3.05) is 18.5 Å². The number of carbonyl (C=O) groups excluding carboxylic acids is 1. The van der Waals surface area contributed by atoms with Crippen LogP contribution < -0.4 is 20.1 Å². The van der Waals surface area contributed by atoms with Crippen LogP contribution in [-0.2, 0) is 0 Å². The lowest BCUT2D eigenvalue weighted by molar-refractivity contribution is 0.0976. The summed E-state index contributed by atoms with van der Waals surface area (Å²) in [5, 5.41) is 5.88. The van der Waals surface area contributed by atoms with E-state index in [0.717, 1.165) is 11.1 Å². The van der Waals surface area contributed by atoms with Crippen LogP contribution in [0.2, 0.25) is 0 Å². The van der Waals surface area contributed by atoms with E-state index in [1.165, 1.54) is 5.56 Å². The minimum Gasteiger partial charge on any atom is -0.486 e. The van der Waals surface area contributed by atoms with Crippen LogP contribution >= 0.6 is 12.2 Å². The molecule has 4 aromatic rings. The zero-order valence-electron chi connectivity index (χ0n) is 18.1. The largest absolute Gasteiger partial charge is 0.486 e. The van der Waals surface area contributed by atoms with Crippen LogP contribution in [0.5, 0.6) is 11.5 Å². The molecule has 0 atom stereocenters. The topological polar surface area (TPSA) is 85.6 Å². The monoisotopic (exact) mass is 459 g/mol. The van der Waals surface area contributed by atoms with E-state index >= 15 is 0 Å². The van der Waals surface area contributed by atoms with Gasteiger partial charge in [-0.05, 0) is 74.1 Å². The van der Waals surface area contributed by atoms with Crippen molar-refractivity contribution >= 4 is 40.0 Å². The SMILES string of the molecule is Cc1ccc(-c2nc3cc(NC(=S)NC(=O)c4ccc5c(c4)OCCO5)ccc3o2)c(C)c1. The first-order chi connectivity index (χ1) is 16.0. The van der Waals surface area contributed by atoms with Gasteiger partial charge >= 0.3 is 0 Å². The Bertz CT molecular complexity index is 1400. The first-order valence-corrected chi connectivity index (χ1v) is 10.9. The molecule has 0 spiro atoms. The molecule has 166 valence electrons. The van der Waals surface area contributed by atoms with Gasteiger partial charge in [-0.15, -0.1) is 0 Å². The second-order valence-electron chi connectivity index (χ2n) is 7.79. The molecule has 1 aromatic heterocycles. The number of amides is 1. The van der Waals surface area contributed by atoms with Crippen molar-refractivity contribution < 1.29 is 18.7 Å². The second-order valence-corrected chi connectivity index (χ2v) is 8.19. The zero-order valence-corrected chi connectivity index (χ0v) is 18.9. The van der Waals surface area contributed by atoms with Crippen molar-refractivity contribution in [2.24, 2.45) is 0 Å². The lowest BCUT2D eigenvalue weighted by Gasteiger charge is -2.18. The molecule has 0 saturated heterocycles. The minimum absolute atomic E-state index is 0.173. The summed E-state index contributed by atoms with van der Waals surface area (Å²) >= 11 is 5.32. The van der Waals surface area contributed by atoms with Gasteiger partial charge in [0.2, 0.25) is 5.89 Å². The van der Waals surface area contributed by atoms with Crippen LogP contribution in [0.25, 0.3) is 22.6 Å². The van der Waals surface area contributed by atoms with Gasteiger partial charge in [0.05, 0.1) is 0 Å². The summed E-state index contributed by atoms with van der Waals surface area (Å²) in [5.74, 6) is 1.39. The number of carbonyl (C=O) groups is 1. The maximum atomic E-state index is 12.6. The Morgan fingerprint density at radius 3 is 2.61 bits per heavy atom. The van der Waals surface area contributed by atoms with Gasteiger partial charge in [-0.1, -0.05) is 17.7 Å². The number of ether oxygens (including phenoxy) is 2. The molecule has 3 aromatic carbocycles. The summed E-state index contributed by atoms with van der Waals surface area (Å²) in [6.45, 7) is 5.03. The normalized spacial score (nSPS) is 12.4. The lowest BCUT2D eigenvalue weighted by atomic mass is 10.1. The molecule has 1 aliphatic rings. The van der Waals surface area contributed by atoms with Gasteiger partial charge in [0.1, 0.15) is 18.7 Å². The third kappa shape index (κ3) is 4.38. The maximum Gasteiger partial charge on any atom is 0.257 e. The number of thiocarbonyl (C=S) groups is 1. The highest BCUT2D eigenvalue weighted by atomic mass is 32.1. The average molecular weight is 460 g/mol. The van der Waals surface area contributed by atoms with Crippen LogP contribution in [-0.4, -0.2) is 29.2 Å². The molecule has 0 fully saturated rings. The van der Waals surface area contributed by atoms with Gasteiger partial charge in [-0.3, -0.25) is 10.1 Å². The number of aryl methyl sites for hydroxylation is 2. The van der Waals surface area contributed by atoms with Crippen LogP contribution in [0.4, 0.5) is 5.69 Å². The van der Waals surface area contributed by atoms with Crippen LogP contribution in [0.15, 0.2) is 59.0 Å². The molecule has 33 heavy (non-hydrogen) atoms. The fourth-order valence-corrected chi connectivity index (χ4v) is 3.91. The number of nitrogens with zero attached hydrogens (tertiary/aromatic N) is 1. The molecule has 0 radical (unpaired) electrons. The number of nitrogens with one attached hydrogen (secondary N) is 2. The molecule has 0 unspecified atom stereocenters. The number of hydrogen-bond acceptors (Lipinski definition) is 6. The van der Waals surface area contributed by atoms with Gasteiger partial charge in [-0.25, -0.2) is 4.98 Å². The van der Waals surface area contributed by atoms with Crippen molar-refractivity contribution in [1.82, 2.24) is 10.3 Å². The molecule has 0 bridgehead atoms. The predicted octanol–water partition coefficient (Wildman–Crippen LogP) is 5.01. The van der Waals surface area contributed by atoms with Gasteiger partial charge in [0.25, 0.3) is 5.91 Å². The number of benzene rings is 3. The fourth-order valence-electron chi connectivity index (χ4n) is 3.70. The van der Waals surface area contributed by atoms with Crippen molar-refractivity contribution in [3.8, 4) is 23.0 Å². The Labute approximate surface area is 195 Å². The van der Waals surface area contributed by atoms with Crippen molar-refractivity contribution in [3.05, 3.63) is 71.3 Å². The molecular formula is C25H21N3O4S. The van der Waals surface area contributed by atoms with E-state index in [1.807, 2.05) is 37.3 Å². The number of rotatable bonds is 3. The third-order valence-corrected chi connectivity index (χ3v) is 5.49. The first kappa shape index (κ1) is 21.0. The van der Waals surface area contributed by atoms with E-state index < -0.39 is 0 Å². The summed E-state index contributed by atoms with van der Waals surface area (Å²) in [7, 11) is 0. The maximum absolute atomic E-state index is 12.6. The predicted molar refractivity (Wildman–Crippen MR) is 130 cm³/mol. The van der Waals surface area contributed by atoms with Crippen LogP contribution in [0.3, 0.4) is 0 Å². The summed E-state index contributed by atoms with van der Waals surface area (Å²) < 4.78 is 17.0. The first-order valence-electron chi connectivity index (χ1n) is 10.5. The number of anilines is 1. The number of oxazole rings is 1. The lowest BCUT2D eigenvalue weighted by Crippen LogP contribution is -2.34. The zero-order chi connectivity index (χ0) is 22.9. The summed E-state index contributed by atoms with van der Waals surface area (Å²) in [6, 6.07) is 16.6. The highest BCUT2D eigenvalue weighted by Crippen LogP contribution is 2.31. The Morgan fingerprint density at radius 1 is 0.970 bits per heavy atom. The van der Waals surface area contributed by atoms with Gasteiger partial charge < -0.3 is 19.2 Å². The number of aromatic nitrogens is 1. The Kier molecular flexibility index (Phi) is 5.43. The Hall–Kier alpha value is -3.91. The van der Waals surface area contributed by atoms with E-state index in [4.69, 9.17) is 26.1 Å². The van der Waals surface area contributed by atoms with E-state index in [-0.39, 0.29) is 11.0 Å². The summed E-state index contributed by atoms with van der Waals surface area (Å²) in [5.41, 5.74) is 5.71. The molecule has 0 aliphatic carbocycles. The van der Waals surface area contributed by atoms with Gasteiger partial charge in [0, 0.05) is 16.8 Å². The molecule has 2 N–H and O–H groups in total. The smallest absolute Gasteiger partial charge is 0.257 e. The molecule has 7 nitrogen and oxygen atoms in total. The number of hydrogen-bond donors (Lipinski definition) is 2. The summed E-state index contributed by atoms with van der Waals surface area (Å²) in [6.07, 6.45) is 0. The molecule has 1 aliphatic heterocycles. The molecule has 1 amide bonds. The second kappa shape index (κ2) is 8.55. The van der Waals surface area contributed by atoms with Crippen molar-refractivity contribution in [3.63, 3.8) is 0 Å². The van der Waals surface area contributed by atoms with Crippen molar-refractivity contribution in [2.45, 2.75) is 13.8 Å². The van der Waals surface area contributed by atoms with E-state index in [1.54, 1.807) is 18.2 Å². The van der Waals surface area contributed by atoms with Gasteiger partial charge in [0.15, 0.2) is 22.2 Å². The molecule has 8 heteroatoms. The highest BCUT2D eigenvalue weighted by Gasteiger charge is 2.16. The van der Waals surface area contributed by atoms with Crippen LogP contribution in [0, 0.1) is 13.8 Å². The average Bonchev–Trinajstić information content (AvgIpc) is 3.21. The quantitative estimate of drug-likeness (QED) is 0.417. The highest BCUT2D eigenvalue weighted by molar-refractivity contribution is 7.80. The fraction of sp³-hybridized carbons (Fsp3) is 0.160. The minimum atomic E-state index is -0.343. The Balaban J connectivity index is 1.29. The molecule has 5 rings (SSSR count). The van der Waals surface area contributed by atoms with Crippen LogP contribution in [0.1, 0.15) is 21.5 Å².